The first-order valence-corrected chi connectivity index (χ1v) is 8.49. The Hall–Kier alpha value is -3.74. The quantitative estimate of drug-likeness (QED) is 0.688. The van der Waals surface area contributed by atoms with E-state index in [9.17, 15) is 14.0 Å². The lowest BCUT2D eigenvalue weighted by Crippen LogP contribution is -2.23. The topological polar surface area (TPSA) is 80.3 Å². The highest BCUT2D eigenvalue weighted by molar-refractivity contribution is 6.04. The number of hydrogen-bond acceptors (Lipinski definition) is 4. The van der Waals surface area contributed by atoms with Crippen LogP contribution in [0.2, 0.25) is 0 Å². The first-order valence-electron chi connectivity index (χ1n) is 8.49. The van der Waals surface area contributed by atoms with Gasteiger partial charge in [0.2, 0.25) is 0 Å². The van der Waals surface area contributed by atoms with Gasteiger partial charge in [0.1, 0.15) is 17.3 Å². The molecule has 0 saturated heterocycles. The Bertz CT molecular complexity index is 973. The molecule has 3 aromatic rings. The normalized spacial score (nSPS) is 10.2. The maximum Gasteiger partial charge on any atom is 0.274 e. The summed E-state index contributed by atoms with van der Waals surface area (Å²) in [6, 6.07) is 15.6. The molecule has 2 aromatic carbocycles. The first-order chi connectivity index (χ1) is 13.5. The number of hydrogen-bond donors (Lipinski definition) is 2. The zero-order valence-electron chi connectivity index (χ0n) is 15.1. The van der Waals surface area contributed by atoms with Crippen LogP contribution in [0.5, 0.6) is 5.75 Å². The Balaban J connectivity index is 1.63. The van der Waals surface area contributed by atoms with Gasteiger partial charge in [0.25, 0.3) is 11.8 Å². The van der Waals surface area contributed by atoms with Crippen LogP contribution in [0.3, 0.4) is 0 Å². The molecule has 0 fully saturated rings. The highest BCUT2D eigenvalue weighted by Gasteiger charge is 2.12. The Kier molecular flexibility index (Phi) is 5.96. The number of anilines is 1. The van der Waals surface area contributed by atoms with E-state index in [-0.39, 0.29) is 11.6 Å². The number of nitrogens with one attached hydrogen (secondary N) is 2. The Morgan fingerprint density at radius 3 is 2.39 bits per heavy atom. The lowest BCUT2D eigenvalue weighted by atomic mass is 10.2. The summed E-state index contributed by atoms with van der Waals surface area (Å²) >= 11 is 0. The van der Waals surface area contributed by atoms with Crippen LogP contribution in [0.1, 0.15) is 26.4 Å². The molecule has 1 heterocycles. The summed E-state index contributed by atoms with van der Waals surface area (Å²) in [5.41, 5.74) is 1.74. The van der Waals surface area contributed by atoms with Crippen molar-refractivity contribution in [3.05, 3.63) is 89.5 Å². The minimum atomic E-state index is -0.489. The van der Waals surface area contributed by atoms with Gasteiger partial charge in [-0.2, -0.15) is 0 Å². The molecule has 7 heteroatoms. The second-order valence-corrected chi connectivity index (χ2v) is 5.92. The van der Waals surface area contributed by atoms with Gasteiger partial charge in [-0.1, -0.05) is 12.1 Å². The van der Waals surface area contributed by atoms with Crippen molar-refractivity contribution in [2.24, 2.45) is 0 Å². The highest BCUT2D eigenvalue weighted by atomic mass is 19.1. The van der Waals surface area contributed by atoms with Gasteiger partial charge in [0.15, 0.2) is 0 Å². The van der Waals surface area contributed by atoms with Gasteiger partial charge in [-0.3, -0.25) is 14.6 Å². The van der Waals surface area contributed by atoms with E-state index in [1.165, 1.54) is 42.6 Å². The van der Waals surface area contributed by atoms with Crippen LogP contribution in [-0.4, -0.2) is 23.9 Å². The molecule has 0 aliphatic heterocycles. The van der Waals surface area contributed by atoms with E-state index in [2.05, 4.69) is 15.6 Å². The molecule has 0 radical (unpaired) electrons. The number of ether oxygens (including phenoxy) is 1. The van der Waals surface area contributed by atoms with Gasteiger partial charge in [-0.05, 0) is 54.1 Å². The van der Waals surface area contributed by atoms with Gasteiger partial charge in [0, 0.05) is 24.0 Å². The number of rotatable bonds is 6. The van der Waals surface area contributed by atoms with E-state index in [1.54, 1.807) is 7.11 Å². The van der Waals surface area contributed by atoms with Crippen LogP contribution >= 0.6 is 0 Å². The van der Waals surface area contributed by atoms with Gasteiger partial charge >= 0.3 is 0 Å². The average Bonchev–Trinajstić information content (AvgIpc) is 2.74. The fourth-order valence-electron chi connectivity index (χ4n) is 2.45. The first kappa shape index (κ1) is 19.0. The number of pyridine rings is 1. The van der Waals surface area contributed by atoms with E-state index in [1.807, 2.05) is 24.3 Å². The average molecular weight is 379 g/mol. The standard InChI is InChI=1S/C21H18FN3O3/c1-28-18-8-2-14(3-9-18)13-24-20(26)15-10-11-23-19(12-15)21(27)25-17-6-4-16(22)5-7-17/h2-12H,13H2,1H3,(H,24,26)(H,25,27). The monoisotopic (exact) mass is 379 g/mol. The van der Waals surface area contributed by atoms with Crippen molar-refractivity contribution in [3.8, 4) is 5.75 Å². The molecule has 0 bridgehead atoms. The molecule has 3 rings (SSSR count). The molecule has 0 aliphatic carbocycles. The smallest absolute Gasteiger partial charge is 0.274 e. The molecule has 1 aromatic heterocycles. The predicted molar refractivity (Wildman–Crippen MR) is 103 cm³/mol. The Morgan fingerprint density at radius 1 is 1.00 bits per heavy atom. The summed E-state index contributed by atoms with van der Waals surface area (Å²) in [4.78, 5) is 28.7. The van der Waals surface area contributed by atoms with E-state index in [4.69, 9.17) is 4.74 Å². The molecule has 0 unspecified atom stereocenters. The number of aromatic nitrogens is 1. The minimum absolute atomic E-state index is 0.0847. The molecular formula is C21H18FN3O3. The summed E-state index contributed by atoms with van der Waals surface area (Å²) in [6.07, 6.45) is 1.39. The lowest BCUT2D eigenvalue weighted by Gasteiger charge is -2.08. The molecule has 0 saturated carbocycles. The van der Waals surface area contributed by atoms with Gasteiger partial charge in [0.05, 0.1) is 7.11 Å². The van der Waals surface area contributed by atoms with Crippen molar-refractivity contribution in [2.75, 3.05) is 12.4 Å². The molecular weight excluding hydrogens is 361 g/mol. The second-order valence-electron chi connectivity index (χ2n) is 5.92. The Labute approximate surface area is 161 Å². The predicted octanol–water partition coefficient (Wildman–Crippen LogP) is 3.41. The number of halogens is 1. The summed E-state index contributed by atoms with van der Waals surface area (Å²) in [5, 5.41) is 5.40. The largest absolute Gasteiger partial charge is 0.497 e. The van der Waals surface area contributed by atoms with E-state index >= 15 is 0 Å². The third kappa shape index (κ3) is 4.91. The SMILES string of the molecule is COc1ccc(CNC(=O)c2ccnc(C(=O)Nc3ccc(F)cc3)c2)cc1. The molecule has 0 spiro atoms. The van der Waals surface area contributed by atoms with Crippen molar-refractivity contribution < 1.29 is 18.7 Å². The maximum atomic E-state index is 12.9. The molecule has 6 nitrogen and oxygen atoms in total. The molecule has 0 atom stereocenters. The van der Waals surface area contributed by atoms with Crippen LogP contribution in [0.15, 0.2) is 66.9 Å². The highest BCUT2D eigenvalue weighted by Crippen LogP contribution is 2.12. The third-order valence-corrected chi connectivity index (χ3v) is 3.97. The number of carbonyl (C=O) groups is 2. The van der Waals surface area contributed by atoms with Crippen LogP contribution < -0.4 is 15.4 Å². The van der Waals surface area contributed by atoms with Crippen LogP contribution in [0.4, 0.5) is 10.1 Å². The molecule has 2 amide bonds. The van der Waals surface area contributed by atoms with Crippen LogP contribution in [0.25, 0.3) is 0 Å². The number of carbonyl (C=O) groups excluding carboxylic acids is 2. The summed E-state index contributed by atoms with van der Waals surface area (Å²) < 4.78 is 18.0. The zero-order chi connectivity index (χ0) is 19.9. The van der Waals surface area contributed by atoms with Crippen molar-refractivity contribution in [1.82, 2.24) is 10.3 Å². The zero-order valence-corrected chi connectivity index (χ0v) is 15.1. The lowest BCUT2D eigenvalue weighted by molar-refractivity contribution is 0.0951. The van der Waals surface area contributed by atoms with Gasteiger partial charge in [-0.15, -0.1) is 0 Å². The number of methoxy groups -OCH3 is 1. The van der Waals surface area contributed by atoms with E-state index < -0.39 is 11.7 Å². The van der Waals surface area contributed by atoms with Crippen LogP contribution in [-0.2, 0) is 6.54 Å². The van der Waals surface area contributed by atoms with E-state index in [0.29, 0.717) is 17.8 Å². The minimum Gasteiger partial charge on any atom is -0.497 e. The summed E-state index contributed by atoms with van der Waals surface area (Å²) in [6.45, 7) is 0.336. The van der Waals surface area contributed by atoms with Crippen LogP contribution in [0, 0.1) is 5.82 Å². The molecule has 0 aliphatic rings. The summed E-state index contributed by atoms with van der Waals surface area (Å²) in [5.74, 6) is -0.474. The molecule has 28 heavy (non-hydrogen) atoms. The maximum absolute atomic E-state index is 12.9. The summed E-state index contributed by atoms with van der Waals surface area (Å²) in [7, 11) is 1.59. The van der Waals surface area contributed by atoms with Crippen molar-refractivity contribution >= 4 is 17.5 Å². The molecule has 2 N–H and O–H groups in total. The van der Waals surface area contributed by atoms with Gasteiger partial charge in [-0.25, -0.2) is 4.39 Å². The third-order valence-electron chi connectivity index (χ3n) is 3.97. The number of benzene rings is 2. The van der Waals surface area contributed by atoms with E-state index in [0.717, 1.165) is 11.3 Å². The number of nitrogens with zero attached hydrogens (tertiary/aromatic N) is 1. The van der Waals surface area contributed by atoms with Crippen molar-refractivity contribution in [1.29, 1.82) is 0 Å². The molecule has 142 valence electrons. The van der Waals surface area contributed by atoms with Crippen molar-refractivity contribution in [3.63, 3.8) is 0 Å². The fourth-order valence-corrected chi connectivity index (χ4v) is 2.45. The number of amides is 2. The fraction of sp³-hybridized carbons (Fsp3) is 0.0952. The van der Waals surface area contributed by atoms with Crippen molar-refractivity contribution in [2.45, 2.75) is 6.54 Å². The Morgan fingerprint density at radius 2 is 1.71 bits per heavy atom. The van der Waals surface area contributed by atoms with Gasteiger partial charge < -0.3 is 15.4 Å². The second kappa shape index (κ2) is 8.77.